The molecule has 0 aliphatic carbocycles. The fourth-order valence-electron chi connectivity index (χ4n) is 3.49. The lowest BCUT2D eigenvalue weighted by Gasteiger charge is -2.34. The highest BCUT2D eigenvalue weighted by Crippen LogP contribution is 2.20. The van der Waals surface area contributed by atoms with Gasteiger partial charge < -0.3 is 4.90 Å². The first-order valence-corrected chi connectivity index (χ1v) is 10.2. The molecule has 0 spiro atoms. The highest BCUT2D eigenvalue weighted by atomic mass is 35.5. The molecule has 2 heterocycles. The van der Waals surface area contributed by atoms with Gasteiger partial charge in [-0.25, -0.2) is 0 Å². The fraction of sp³-hybridized carbons (Fsp3) is 0.455. The van der Waals surface area contributed by atoms with E-state index in [1.807, 2.05) is 11.8 Å². The van der Waals surface area contributed by atoms with E-state index >= 15 is 0 Å². The Labute approximate surface area is 172 Å². The second kappa shape index (κ2) is 8.93. The summed E-state index contributed by atoms with van der Waals surface area (Å²) < 4.78 is 1.62. The van der Waals surface area contributed by atoms with Gasteiger partial charge in [-0.3, -0.25) is 14.4 Å². The average Bonchev–Trinajstić information content (AvgIpc) is 2.92. The molecule has 1 aliphatic heterocycles. The van der Waals surface area contributed by atoms with Crippen LogP contribution in [-0.2, 0) is 18.4 Å². The second-order valence-electron chi connectivity index (χ2n) is 7.74. The van der Waals surface area contributed by atoms with Crippen LogP contribution >= 0.6 is 11.6 Å². The molecule has 0 N–H and O–H groups in total. The summed E-state index contributed by atoms with van der Waals surface area (Å²) in [7, 11) is 1.80. The van der Waals surface area contributed by atoms with Gasteiger partial charge in [0.05, 0.1) is 5.69 Å². The third kappa shape index (κ3) is 4.83. The Kier molecular flexibility index (Phi) is 6.57. The maximum atomic E-state index is 12.5. The molecule has 0 radical (unpaired) electrons. The minimum absolute atomic E-state index is 0.0280. The van der Waals surface area contributed by atoms with Gasteiger partial charge in [0.2, 0.25) is 5.91 Å². The number of aromatic nitrogens is 2. The van der Waals surface area contributed by atoms with Gasteiger partial charge in [-0.1, -0.05) is 49.7 Å². The summed E-state index contributed by atoms with van der Waals surface area (Å²) in [6.07, 6.45) is 3.38. The number of hydrogen-bond donors (Lipinski definition) is 0. The summed E-state index contributed by atoms with van der Waals surface area (Å²) in [5.41, 5.74) is 4.33. The average molecular weight is 401 g/mol. The first kappa shape index (κ1) is 20.6. The molecule has 3 rings (SSSR count). The van der Waals surface area contributed by atoms with E-state index in [0.29, 0.717) is 11.1 Å². The first-order valence-electron chi connectivity index (χ1n) is 9.82. The van der Waals surface area contributed by atoms with Gasteiger partial charge in [-0.15, -0.1) is 0 Å². The summed E-state index contributed by atoms with van der Waals surface area (Å²) in [4.78, 5) is 16.8. The van der Waals surface area contributed by atoms with E-state index in [-0.39, 0.29) is 5.91 Å². The van der Waals surface area contributed by atoms with Gasteiger partial charge in [0.25, 0.3) is 0 Å². The monoisotopic (exact) mass is 400 g/mol. The van der Waals surface area contributed by atoms with Crippen LogP contribution in [0.3, 0.4) is 0 Å². The van der Waals surface area contributed by atoms with E-state index in [9.17, 15) is 4.79 Å². The molecular weight excluding hydrogens is 372 g/mol. The van der Waals surface area contributed by atoms with E-state index in [2.05, 4.69) is 48.1 Å². The van der Waals surface area contributed by atoms with Crippen LogP contribution in [0.2, 0.25) is 5.15 Å². The van der Waals surface area contributed by atoms with Crippen molar-refractivity contribution in [2.75, 3.05) is 26.2 Å². The Hall–Kier alpha value is -2.11. The smallest absolute Gasteiger partial charge is 0.246 e. The minimum Gasteiger partial charge on any atom is -0.337 e. The van der Waals surface area contributed by atoms with Crippen molar-refractivity contribution in [1.29, 1.82) is 0 Å². The lowest BCUT2D eigenvalue weighted by atomic mass is 10.0. The number of benzene rings is 1. The van der Waals surface area contributed by atoms with Gasteiger partial charge in [0.15, 0.2) is 0 Å². The molecule has 5 nitrogen and oxygen atoms in total. The Balaban J connectivity index is 1.51. The Morgan fingerprint density at radius 2 is 1.82 bits per heavy atom. The largest absolute Gasteiger partial charge is 0.337 e. The molecule has 1 amide bonds. The van der Waals surface area contributed by atoms with E-state index in [1.54, 1.807) is 23.9 Å². The van der Waals surface area contributed by atoms with Gasteiger partial charge in [0, 0.05) is 51.4 Å². The maximum absolute atomic E-state index is 12.5. The summed E-state index contributed by atoms with van der Waals surface area (Å²) in [5.74, 6) is 0.585. The second-order valence-corrected chi connectivity index (χ2v) is 8.10. The lowest BCUT2D eigenvalue weighted by molar-refractivity contribution is -0.127. The highest BCUT2D eigenvalue weighted by molar-refractivity contribution is 6.31. The van der Waals surface area contributed by atoms with Gasteiger partial charge in [-0.05, 0) is 30.0 Å². The number of rotatable bonds is 5. The zero-order chi connectivity index (χ0) is 20.3. The predicted molar refractivity (Wildman–Crippen MR) is 114 cm³/mol. The van der Waals surface area contributed by atoms with Crippen LogP contribution in [0, 0.1) is 6.92 Å². The van der Waals surface area contributed by atoms with Crippen molar-refractivity contribution in [2.24, 2.45) is 7.05 Å². The van der Waals surface area contributed by atoms with E-state index < -0.39 is 0 Å². The number of carbonyl (C=O) groups is 1. The molecule has 0 unspecified atom stereocenters. The quantitative estimate of drug-likeness (QED) is 0.715. The number of piperazine rings is 1. The molecule has 6 heteroatoms. The molecule has 1 aliphatic rings. The fourth-order valence-corrected chi connectivity index (χ4v) is 3.73. The lowest BCUT2D eigenvalue weighted by Crippen LogP contribution is -2.47. The summed E-state index contributed by atoms with van der Waals surface area (Å²) in [6.45, 7) is 10.5. The van der Waals surface area contributed by atoms with Gasteiger partial charge in [-0.2, -0.15) is 5.10 Å². The van der Waals surface area contributed by atoms with Crippen LogP contribution in [0.25, 0.3) is 6.08 Å². The molecule has 2 aromatic rings. The van der Waals surface area contributed by atoms with Crippen molar-refractivity contribution < 1.29 is 4.79 Å². The van der Waals surface area contributed by atoms with E-state index in [0.717, 1.165) is 44.0 Å². The van der Waals surface area contributed by atoms with E-state index in [1.165, 1.54) is 11.1 Å². The SMILES string of the molecule is Cc1nn(C)c(Cl)c1/C=C/C(=O)N1CCN(Cc2ccc(C(C)C)cc2)CC1. The predicted octanol–water partition coefficient (Wildman–Crippen LogP) is 3.86. The van der Waals surface area contributed by atoms with Crippen molar-refractivity contribution >= 4 is 23.6 Å². The molecule has 0 atom stereocenters. The molecular formula is C22H29ClN4O. The molecule has 0 saturated carbocycles. The summed E-state index contributed by atoms with van der Waals surface area (Å²) >= 11 is 6.22. The Morgan fingerprint density at radius 3 is 2.36 bits per heavy atom. The summed E-state index contributed by atoms with van der Waals surface area (Å²) in [5, 5.41) is 4.82. The zero-order valence-corrected chi connectivity index (χ0v) is 17.9. The maximum Gasteiger partial charge on any atom is 0.246 e. The van der Waals surface area contributed by atoms with Crippen LogP contribution in [0.1, 0.15) is 42.1 Å². The molecule has 1 aromatic carbocycles. The molecule has 28 heavy (non-hydrogen) atoms. The topological polar surface area (TPSA) is 41.4 Å². The van der Waals surface area contributed by atoms with Crippen molar-refractivity contribution in [1.82, 2.24) is 19.6 Å². The number of halogens is 1. The third-order valence-corrected chi connectivity index (χ3v) is 5.77. The van der Waals surface area contributed by atoms with Crippen molar-refractivity contribution in [2.45, 2.75) is 33.2 Å². The zero-order valence-electron chi connectivity index (χ0n) is 17.2. The number of carbonyl (C=O) groups excluding carboxylic acids is 1. The van der Waals surface area contributed by atoms with Crippen LogP contribution in [0.4, 0.5) is 0 Å². The molecule has 1 aromatic heterocycles. The molecule has 1 fully saturated rings. The van der Waals surface area contributed by atoms with Crippen molar-refractivity contribution in [3.63, 3.8) is 0 Å². The van der Waals surface area contributed by atoms with Gasteiger partial charge >= 0.3 is 0 Å². The molecule has 1 saturated heterocycles. The highest BCUT2D eigenvalue weighted by Gasteiger charge is 2.20. The van der Waals surface area contributed by atoms with Crippen LogP contribution in [0.5, 0.6) is 0 Å². The van der Waals surface area contributed by atoms with E-state index in [4.69, 9.17) is 11.6 Å². The molecule has 0 bridgehead atoms. The minimum atomic E-state index is 0.0280. The normalized spacial score (nSPS) is 15.7. The van der Waals surface area contributed by atoms with Crippen molar-refractivity contribution in [3.8, 4) is 0 Å². The van der Waals surface area contributed by atoms with Crippen molar-refractivity contribution in [3.05, 3.63) is 57.9 Å². The number of aryl methyl sites for hydroxylation is 2. The van der Waals surface area contributed by atoms with Crippen LogP contribution < -0.4 is 0 Å². The molecule has 150 valence electrons. The van der Waals surface area contributed by atoms with Crippen LogP contribution in [-0.4, -0.2) is 51.7 Å². The third-order valence-electron chi connectivity index (χ3n) is 5.33. The van der Waals surface area contributed by atoms with Crippen LogP contribution in [0.15, 0.2) is 30.3 Å². The number of nitrogens with zero attached hydrogens (tertiary/aromatic N) is 4. The Bertz CT molecular complexity index is 846. The Morgan fingerprint density at radius 1 is 1.18 bits per heavy atom. The summed E-state index contributed by atoms with van der Waals surface area (Å²) in [6, 6.07) is 8.87. The standard InChI is InChI=1S/C22H29ClN4O/c1-16(2)19-7-5-18(6-8-19)15-26-11-13-27(14-12-26)21(28)10-9-20-17(3)24-25(4)22(20)23/h5-10,16H,11-15H2,1-4H3/b10-9+. The number of hydrogen-bond acceptors (Lipinski definition) is 3. The van der Waals surface area contributed by atoms with Gasteiger partial charge in [0.1, 0.15) is 5.15 Å². The number of amides is 1. The first-order chi connectivity index (χ1) is 13.3.